The first-order valence-electron chi connectivity index (χ1n) is 7.62. The highest BCUT2D eigenvalue weighted by Gasteiger charge is 2.39. The summed E-state index contributed by atoms with van der Waals surface area (Å²) in [4.78, 5) is 3.76. The van der Waals surface area contributed by atoms with Gasteiger partial charge < -0.3 is 4.57 Å². The van der Waals surface area contributed by atoms with E-state index >= 15 is 0 Å². The highest BCUT2D eigenvalue weighted by Crippen LogP contribution is 2.31. The summed E-state index contributed by atoms with van der Waals surface area (Å²) in [6, 6.07) is 8.94. The van der Waals surface area contributed by atoms with Gasteiger partial charge in [-0.05, 0) is 24.3 Å². The van der Waals surface area contributed by atoms with Crippen molar-refractivity contribution in [3.8, 4) is 11.4 Å². The van der Waals surface area contributed by atoms with Crippen LogP contribution in [0.5, 0.6) is 0 Å². The van der Waals surface area contributed by atoms with E-state index in [4.69, 9.17) is 0 Å². The quantitative estimate of drug-likeness (QED) is 0.709. The lowest BCUT2D eigenvalue weighted by Gasteiger charge is -2.38. The largest absolute Gasteiger partial charge is 0.308 e. The molecule has 25 heavy (non-hydrogen) atoms. The van der Waals surface area contributed by atoms with Crippen molar-refractivity contribution in [3.63, 3.8) is 0 Å². The van der Waals surface area contributed by atoms with Crippen molar-refractivity contribution in [2.45, 2.75) is 10.9 Å². The molecule has 0 radical (unpaired) electrons. The van der Waals surface area contributed by atoms with E-state index in [1.165, 1.54) is 22.5 Å². The average molecular weight is 359 g/mol. The molecule has 0 unspecified atom stereocenters. The third kappa shape index (κ3) is 2.71. The van der Waals surface area contributed by atoms with E-state index in [2.05, 4.69) is 15.2 Å². The molecule has 1 aromatic carbocycles. The predicted octanol–water partition coefficient (Wildman–Crippen LogP) is 1.72. The second-order valence-corrected chi connectivity index (χ2v) is 7.62. The lowest BCUT2D eigenvalue weighted by molar-refractivity contribution is 0.205. The number of rotatable bonds is 4. The SMILES string of the molecule is O=S(=O)(c1ccccc1F)N1CC(n2cnnc2-c2cccnc2)C1. The van der Waals surface area contributed by atoms with E-state index in [0.717, 1.165) is 11.6 Å². The zero-order valence-electron chi connectivity index (χ0n) is 13.0. The number of hydrogen-bond donors (Lipinski definition) is 0. The molecule has 3 aromatic rings. The maximum atomic E-state index is 13.8. The Hall–Kier alpha value is -2.65. The molecule has 0 atom stereocenters. The third-order valence-electron chi connectivity index (χ3n) is 4.17. The van der Waals surface area contributed by atoms with Gasteiger partial charge in [-0.3, -0.25) is 4.98 Å². The van der Waals surface area contributed by atoms with Crippen LogP contribution in [0.4, 0.5) is 4.39 Å². The summed E-state index contributed by atoms with van der Waals surface area (Å²) >= 11 is 0. The number of aromatic nitrogens is 4. The minimum absolute atomic E-state index is 0.105. The second-order valence-electron chi connectivity index (χ2n) is 5.71. The summed E-state index contributed by atoms with van der Waals surface area (Å²) in [5.41, 5.74) is 0.801. The maximum absolute atomic E-state index is 13.8. The molecule has 2 aromatic heterocycles. The van der Waals surface area contributed by atoms with Gasteiger partial charge in [-0.15, -0.1) is 10.2 Å². The monoisotopic (exact) mass is 359 g/mol. The highest BCUT2D eigenvalue weighted by atomic mass is 32.2. The Kier molecular flexibility index (Phi) is 3.81. The molecule has 0 bridgehead atoms. The molecule has 1 aliphatic rings. The van der Waals surface area contributed by atoms with Crippen LogP contribution in [-0.4, -0.2) is 45.6 Å². The van der Waals surface area contributed by atoms with Crippen LogP contribution in [0.15, 0.2) is 60.0 Å². The maximum Gasteiger partial charge on any atom is 0.246 e. The van der Waals surface area contributed by atoms with E-state index in [1.807, 2.05) is 10.6 Å². The van der Waals surface area contributed by atoms with E-state index in [0.29, 0.717) is 5.82 Å². The fraction of sp³-hybridized carbons (Fsp3) is 0.188. The standard InChI is InChI=1S/C16H14FN5O2S/c17-14-5-1-2-6-15(14)25(23,24)21-9-13(10-21)22-11-19-20-16(22)12-4-3-7-18-8-12/h1-8,11,13H,9-10H2. The van der Waals surface area contributed by atoms with Gasteiger partial charge in [0, 0.05) is 31.0 Å². The van der Waals surface area contributed by atoms with Crippen molar-refractivity contribution in [2.24, 2.45) is 0 Å². The number of halogens is 1. The topological polar surface area (TPSA) is 81.0 Å². The van der Waals surface area contributed by atoms with Crippen molar-refractivity contribution in [2.75, 3.05) is 13.1 Å². The summed E-state index contributed by atoms with van der Waals surface area (Å²) in [5, 5.41) is 8.01. The van der Waals surface area contributed by atoms with Crippen LogP contribution in [0, 0.1) is 5.82 Å². The Morgan fingerprint density at radius 3 is 2.64 bits per heavy atom. The number of benzene rings is 1. The van der Waals surface area contributed by atoms with E-state index in [-0.39, 0.29) is 24.0 Å². The predicted molar refractivity (Wildman–Crippen MR) is 87.4 cm³/mol. The zero-order valence-corrected chi connectivity index (χ0v) is 13.8. The normalized spacial score (nSPS) is 15.9. The Bertz CT molecular complexity index is 1000. The van der Waals surface area contributed by atoms with Gasteiger partial charge in [-0.25, -0.2) is 12.8 Å². The van der Waals surface area contributed by atoms with Crippen LogP contribution in [0.2, 0.25) is 0 Å². The number of hydrogen-bond acceptors (Lipinski definition) is 5. The van der Waals surface area contributed by atoms with Crippen LogP contribution < -0.4 is 0 Å². The Morgan fingerprint density at radius 2 is 1.92 bits per heavy atom. The highest BCUT2D eigenvalue weighted by molar-refractivity contribution is 7.89. The van der Waals surface area contributed by atoms with E-state index < -0.39 is 15.8 Å². The molecule has 0 saturated carbocycles. The van der Waals surface area contributed by atoms with Gasteiger partial charge in [0.25, 0.3) is 0 Å². The molecule has 3 heterocycles. The van der Waals surface area contributed by atoms with Crippen molar-refractivity contribution in [1.82, 2.24) is 24.1 Å². The van der Waals surface area contributed by atoms with Gasteiger partial charge in [-0.1, -0.05) is 12.1 Å². The molecule has 1 aliphatic heterocycles. The minimum atomic E-state index is -3.84. The van der Waals surface area contributed by atoms with Crippen molar-refractivity contribution in [1.29, 1.82) is 0 Å². The van der Waals surface area contributed by atoms with Gasteiger partial charge in [0.2, 0.25) is 10.0 Å². The van der Waals surface area contributed by atoms with E-state index in [1.54, 1.807) is 24.8 Å². The third-order valence-corrected chi connectivity index (χ3v) is 6.03. The van der Waals surface area contributed by atoms with Crippen molar-refractivity contribution in [3.05, 3.63) is 60.9 Å². The molecular weight excluding hydrogens is 345 g/mol. The van der Waals surface area contributed by atoms with Crippen molar-refractivity contribution < 1.29 is 12.8 Å². The molecule has 9 heteroatoms. The Labute approximate surface area is 143 Å². The first-order valence-corrected chi connectivity index (χ1v) is 9.06. The fourth-order valence-corrected chi connectivity index (χ4v) is 4.37. The molecule has 1 fully saturated rings. The lowest BCUT2D eigenvalue weighted by Crippen LogP contribution is -2.50. The van der Waals surface area contributed by atoms with Crippen LogP contribution in [0.3, 0.4) is 0 Å². The number of nitrogens with zero attached hydrogens (tertiary/aromatic N) is 5. The smallest absolute Gasteiger partial charge is 0.246 e. The molecule has 4 rings (SSSR count). The first-order chi connectivity index (χ1) is 12.1. The lowest BCUT2D eigenvalue weighted by atomic mass is 10.1. The van der Waals surface area contributed by atoms with Crippen molar-refractivity contribution >= 4 is 10.0 Å². The first kappa shape index (κ1) is 15.9. The molecular formula is C16H14FN5O2S. The fourth-order valence-electron chi connectivity index (χ4n) is 2.79. The van der Waals surface area contributed by atoms with Crippen LogP contribution in [-0.2, 0) is 10.0 Å². The molecule has 0 spiro atoms. The van der Waals surface area contributed by atoms with Gasteiger partial charge in [-0.2, -0.15) is 4.31 Å². The van der Waals surface area contributed by atoms with Gasteiger partial charge in [0.05, 0.1) is 6.04 Å². The van der Waals surface area contributed by atoms with E-state index in [9.17, 15) is 12.8 Å². The average Bonchev–Trinajstić information content (AvgIpc) is 3.03. The van der Waals surface area contributed by atoms with Gasteiger partial charge in [0.15, 0.2) is 5.82 Å². The van der Waals surface area contributed by atoms with Crippen LogP contribution in [0.25, 0.3) is 11.4 Å². The molecule has 128 valence electrons. The Morgan fingerprint density at radius 1 is 1.12 bits per heavy atom. The summed E-state index contributed by atoms with van der Waals surface area (Å²) in [6.07, 6.45) is 4.91. The molecule has 1 saturated heterocycles. The molecule has 7 nitrogen and oxygen atoms in total. The zero-order chi connectivity index (χ0) is 17.4. The second kappa shape index (κ2) is 6.01. The van der Waals surface area contributed by atoms with Crippen LogP contribution >= 0.6 is 0 Å². The molecule has 0 N–H and O–H groups in total. The molecule has 0 amide bonds. The van der Waals surface area contributed by atoms with Gasteiger partial charge in [0.1, 0.15) is 17.0 Å². The summed E-state index contributed by atoms with van der Waals surface area (Å²) in [6.45, 7) is 0.476. The summed E-state index contributed by atoms with van der Waals surface area (Å²) < 4.78 is 42.0. The summed E-state index contributed by atoms with van der Waals surface area (Å²) in [5.74, 6) is -0.118. The number of sulfonamides is 1. The van der Waals surface area contributed by atoms with Crippen LogP contribution in [0.1, 0.15) is 6.04 Å². The van der Waals surface area contributed by atoms with Gasteiger partial charge >= 0.3 is 0 Å². The molecule has 0 aliphatic carbocycles. The minimum Gasteiger partial charge on any atom is -0.308 e. The summed E-state index contributed by atoms with van der Waals surface area (Å²) in [7, 11) is -3.84. The Balaban J connectivity index is 1.56. The number of pyridine rings is 1.